The highest BCUT2D eigenvalue weighted by molar-refractivity contribution is 6.00. The van der Waals surface area contributed by atoms with Crippen molar-refractivity contribution >= 4 is 23.1 Å². The molecule has 5 rings (SSSR count). The van der Waals surface area contributed by atoms with E-state index < -0.39 is 6.03 Å². The molecule has 192 valence electrons. The number of carbonyl (C=O) groups is 1. The first-order chi connectivity index (χ1) is 18.5. The second-order valence-corrected chi connectivity index (χ2v) is 9.75. The molecule has 1 saturated heterocycles. The van der Waals surface area contributed by atoms with Gasteiger partial charge in [0.15, 0.2) is 5.76 Å². The number of hydrogen-bond donors (Lipinski definition) is 2. The molecule has 4 aromatic rings. The van der Waals surface area contributed by atoms with Gasteiger partial charge < -0.3 is 20.1 Å². The van der Waals surface area contributed by atoms with E-state index in [1.165, 1.54) is 11.1 Å². The summed E-state index contributed by atoms with van der Waals surface area (Å²) in [6.45, 7) is 5.24. The van der Waals surface area contributed by atoms with Gasteiger partial charge >= 0.3 is 6.03 Å². The lowest BCUT2D eigenvalue weighted by Gasteiger charge is -2.38. The first-order valence-electron chi connectivity index (χ1n) is 12.9. The van der Waals surface area contributed by atoms with E-state index in [4.69, 9.17) is 4.52 Å². The molecule has 2 N–H and O–H groups in total. The molecule has 1 aliphatic heterocycles. The lowest BCUT2D eigenvalue weighted by molar-refractivity contribution is 0.262. The maximum Gasteiger partial charge on any atom is 0.323 e. The third kappa shape index (κ3) is 5.40. The van der Waals surface area contributed by atoms with Crippen LogP contribution in [0.15, 0.2) is 83.4 Å². The Bertz CT molecular complexity index is 1380. The number of aryl methyl sites for hydroxylation is 2. The molecule has 0 spiro atoms. The molecule has 2 amide bonds. The van der Waals surface area contributed by atoms with Crippen molar-refractivity contribution in [1.29, 1.82) is 5.26 Å². The van der Waals surface area contributed by atoms with Gasteiger partial charge in [-0.2, -0.15) is 5.26 Å². The Kier molecular flexibility index (Phi) is 7.41. The average Bonchev–Trinajstić information content (AvgIpc) is 3.27. The lowest BCUT2D eigenvalue weighted by Crippen LogP contribution is -2.36. The molecule has 7 nitrogen and oxygen atoms in total. The molecule has 38 heavy (non-hydrogen) atoms. The average molecular weight is 506 g/mol. The van der Waals surface area contributed by atoms with Crippen LogP contribution in [0.5, 0.6) is 0 Å². The fourth-order valence-corrected chi connectivity index (χ4v) is 5.45. The fourth-order valence-electron chi connectivity index (χ4n) is 5.45. The first kappa shape index (κ1) is 25.1. The zero-order chi connectivity index (χ0) is 26.5. The number of carbonyl (C=O) groups excluding carboxylic acids is 1. The summed E-state index contributed by atoms with van der Waals surface area (Å²) >= 11 is 0. The van der Waals surface area contributed by atoms with Crippen LogP contribution in [-0.4, -0.2) is 24.3 Å². The number of nitrogens with one attached hydrogen (secondary N) is 2. The summed E-state index contributed by atoms with van der Waals surface area (Å²) in [5.41, 5.74) is 5.85. The van der Waals surface area contributed by atoms with Gasteiger partial charge in [-0.3, -0.25) is 0 Å². The standard InChI is InChI=1S/C31H31N5O2/c1-21-30(22(2)38-35-21)34-31(37)33-27-13-14-28(26(19-27)20-32)36-17-15-25(16-18-36)29(23-9-5-3-6-10-23)24-11-7-4-8-12-24/h3-14,19,25,29H,15-18H2,1-2H3,(H2,33,34,37). The number of aromatic nitrogens is 1. The van der Waals surface area contributed by atoms with Gasteiger partial charge in [-0.15, -0.1) is 0 Å². The molecule has 0 saturated carbocycles. The molecule has 0 atom stereocenters. The Labute approximate surface area is 223 Å². The van der Waals surface area contributed by atoms with Gasteiger partial charge in [0.25, 0.3) is 0 Å². The van der Waals surface area contributed by atoms with Crippen LogP contribution in [0.1, 0.15) is 46.9 Å². The van der Waals surface area contributed by atoms with Crippen LogP contribution >= 0.6 is 0 Å². The van der Waals surface area contributed by atoms with Crippen molar-refractivity contribution in [3.63, 3.8) is 0 Å². The number of nitriles is 1. The van der Waals surface area contributed by atoms with Crippen LogP contribution in [0.3, 0.4) is 0 Å². The molecule has 1 aromatic heterocycles. The van der Waals surface area contributed by atoms with Crippen LogP contribution in [0.2, 0.25) is 0 Å². The van der Waals surface area contributed by atoms with Crippen molar-refractivity contribution in [3.8, 4) is 6.07 Å². The highest BCUT2D eigenvalue weighted by Gasteiger charge is 2.29. The van der Waals surface area contributed by atoms with Gasteiger partial charge in [0.1, 0.15) is 17.5 Å². The monoisotopic (exact) mass is 505 g/mol. The minimum Gasteiger partial charge on any atom is -0.370 e. The van der Waals surface area contributed by atoms with E-state index in [0.717, 1.165) is 31.6 Å². The van der Waals surface area contributed by atoms with E-state index in [0.29, 0.717) is 40.2 Å². The molecule has 0 bridgehead atoms. The van der Waals surface area contributed by atoms with E-state index in [1.807, 2.05) is 12.1 Å². The molecule has 2 heterocycles. The summed E-state index contributed by atoms with van der Waals surface area (Å²) in [5.74, 6) is 1.39. The maximum absolute atomic E-state index is 12.5. The van der Waals surface area contributed by atoms with Crippen LogP contribution < -0.4 is 15.5 Å². The molecule has 7 heteroatoms. The number of hydrogen-bond acceptors (Lipinski definition) is 5. The van der Waals surface area contributed by atoms with Gasteiger partial charge in [-0.05, 0) is 61.9 Å². The van der Waals surface area contributed by atoms with Gasteiger partial charge in [0.05, 0.1) is 11.3 Å². The highest BCUT2D eigenvalue weighted by Crippen LogP contribution is 2.39. The summed E-state index contributed by atoms with van der Waals surface area (Å²) in [5, 5.41) is 19.3. The van der Waals surface area contributed by atoms with Crippen molar-refractivity contribution < 1.29 is 9.32 Å². The zero-order valence-electron chi connectivity index (χ0n) is 21.6. The van der Waals surface area contributed by atoms with Crippen LogP contribution in [0.25, 0.3) is 0 Å². The summed E-state index contributed by atoms with van der Waals surface area (Å²) < 4.78 is 5.10. The lowest BCUT2D eigenvalue weighted by atomic mass is 9.76. The Morgan fingerprint density at radius 3 is 2.16 bits per heavy atom. The Balaban J connectivity index is 1.28. The SMILES string of the molecule is Cc1noc(C)c1NC(=O)Nc1ccc(N2CCC(C(c3ccccc3)c3ccccc3)CC2)c(C#N)c1. The second-order valence-electron chi connectivity index (χ2n) is 9.75. The van der Waals surface area contributed by atoms with E-state index in [9.17, 15) is 10.1 Å². The van der Waals surface area contributed by atoms with E-state index >= 15 is 0 Å². The van der Waals surface area contributed by atoms with Crippen LogP contribution in [0, 0.1) is 31.1 Å². The number of urea groups is 1. The third-order valence-electron chi connectivity index (χ3n) is 7.32. The number of benzene rings is 3. The van der Waals surface area contributed by atoms with Crippen molar-refractivity contribution in [2.24, 2.45) is 5.92 Å². The third-order valence-corrected chi connectivity index (χ3v) is 7.32. The maximum atomic E-state index is 12.5. The van der Waals surface area contributed by atoms with Gasteiger partial charge in [-0.1, -0.05) is 65.8 Å². The second kappa shape index (κ2) is 11.2. The Hall–Kier alpha value is -4.57. The molecular weight excluding hydrogens is 474 g/mol. The number of amides is 2. The van der Waals surface area contributed by atoms with Gasteiger partial charge in [-0.25, -0.2) is 4.79 Å². The molecule has 0 aliphatic carbocycles. The van der Waals surface area contributed by atoms with E-state index in [2.05, 4.69) is 87.4 Å². The molecular formula is C31H31N5O2. The number of anilines is 3. The quantitative estimate of drug-likeness (QED) is 0.299. The Morgan fingerprint density at radius 1 is 0.974 bits per heavy atom. The fraction of sp³-hybridized carbons (Fsp3) is 0.258. The minimum atomic E-state index is -0.412. The number of nitrogens with zero attached hydrogens (tertiary/aromatic N) is 3. The minimum absolute atomic E-state index is 0.345. The van der Waals surface area contributed by atoms with Crippen molar-refractivity contribution in [2.75, 3.05) is 28.6 Å². The number of piperidine rings is 1. The van der Waals surface area contributed by atoms with E-state index in [1.54, 1.807) is 19.9 Å². The van der Waals surface area contributed by atoms with Crippen LogP contribution in [-0.2, 0) is 0 Å². The van der Waals surface area contributed by atoms with Gasteiger partial charge in [0, 0.05) is 24.7 Å². The number of rotatable bonds is 6. The first-order valence-corrected chi connectivity index (χ1v) is 12.9. The predicted molar refractivity (Wildman–Crippen MR) is 149 cm³/mol. The zero-order valence-corrected chi connectivity index (χ0v) is 21.6. The van der Waals surface area contributed by atoms with Gasteiger partial charge in [0.2, 0.25) is 0 Å². The Morgan fingerprint density at radius 2 is 1.61 bits per heavy atom. The normalized spacial score (nSPS) is 13.8. The highest BCUT2D eigenvalue weighted by atomic mass is 16.5. The summed E-state index contributed by atoms with van der Waals surface area (Å²) in [6, 6.07) is 28.9. The predicted octanol–water partition coefficient (Wildman–Crippen LogP) is 6.86. The summed E-state index contributed by atoms with van der Waals surface area (Å²) in [7, 11) is 0. The molecule has 3 aromatic carbocycles. The smallest absolute Gasteiger partial charge is 0.323 e. The van der Waals surface area contributed by atoms with E-state index in [-0.39, 0.29) is 0 Å². The molecule has 1 aliphatic rings. The molecule has 1 fully saturated rings. The van der Waals surface area contributed by atoms with Crippen molar-refractivity contribution in [1.82, 2.24) is 5.16 Å². The molecule has 0 unspecified atom stereocenters. The molecule has 0 radical (unpaired) electrons. The summed E-state index contributed by atoms with van der Waals surface area (Å²) in [4.78, 5) is 14.8. The summed E-state index contributed by atoms with van der Waals surface area (Å²) in [6.07, 6.45) is 2.05. The topological polar surface area (TPSA) is 94.2 Å². The van der Waals surface area contributed by atoms with Crippen LogP contribution in [0.4, 0.5) is 21.9 Å². The van der Waals surface area contributed by atoms with Crippen molar-refractivity contribution in [2.45, 2.75) is 32.6 Å². The van der Waals surface area contributed by atoms with Crippen molar-refractivity contribution in [3.05, 3.63) is 107 Å². The largest absolute Gasteiger partial charge is 0.370 e.